The van der Waals surface area contributed by atoms with Crippen LogP contribution in [-0.2, 0) is 6.18 Å². The highest BCUT2D eigenvalue weighted by molar-refractivity contribution is 5.90. The molecule has 3 rings (SSSR count). The molecular formula is C19H21F4N5. The van der Waals surface area contributed by atoms with Crippen molar-refractivity contribution < 1.29 is 17.6 Å². The maximum absolute atomic E-state index is 15.4. The summed E-state index contributed by atoms with van der Waals surface area (Å²) in [6.07, 6.45) is -2.10. The summed E-state index contributed by atoms with van der Waals surface area (Å²) in [5, 5.41) is 10.7. The number of hydrogen-bond donors (Lipinski definition) is 3. The first kappa shape index (κ1) is 20.0. The van der Waals surface area contributed by atoms with Gasteiger partial charge in [-0.05, 0) is 31.7 Å². The second kappa shape index (κ2) is 7.03. The molecule has 2 aromatic rings. The van der Waals surface area contributed by atoms with Crippen LogP contribution in [0.5, 0.6) is 0 Å². The molecule has 0 amide bonds. The van der Waals surface area contributed by atoms with E-state index in [4.69, 9.17) is 11.1 Å². The molecule has 9 heteroatoms. The summed E-state index contributed by atoms with van der Waals surface area (Å²) >= 11 is 0. The monoisotopic (exact) mass is 395 g/mol. The average molecular weight is 395 g/mol. The van der Waals surface area contributed by atoms with Gasteiger partial charge in [0.15, 0.2) is 5.82 Å². The normalized spacial score (nSPS) is 14.4. The van der Waals surface area contributed by atoms with Gasteiger partial charge in [-0.3, -0.25) is 0 Å². The average Bonchev–Trinajstić information content (AvgIpc) is 3.38. The fourth-order valence-corrected chi connectivity index (χ4v) is 3.17. The SMILES string of the molecule is Cc1nc(N)cc(-c2nc(C(C)C)c(C=N)c(NC3CC3)c2F)c1C(F)(F)F. The number of hydrogen-bond acceptors (Lipinski definition) is 5. The molecule has 0 saturated heterocycles. The van der Waals surface area contributed by atoms with Crippen LogP contribution in [0.3, 0.4) is 0 Å². The number of nitrogens with one attached hydrogen (secondary N) is 2. The molecule has 1 aliphatic rings. The Kier molecular flexibility index (Phi) is 5.03. The lowest BCUT2D eigenvalue weighted by Gasteiger charge is -2.21. The van der Waals surface area contributed by atoms with Gasteiger partial charge in [0.2, 0.25) is 0 Å². The number of rotatable bonds is 5. The van der Waals surface area contributed by atoms with Gasteiger partial charge in [0.25, 0.3) is 0 Å². The van der Waals surface area contributed by atoms with Gasteiger partial charge in [-0.1, -0.05) is 13.8 Å². The first-order chi connectivity index (χ1) is 13.0. The van der Waals surface area contributed by atoms with E-state index in [1.54, 1.807) is 13.8 Å². The van der Waals surface area contributed by atoms with Crippen molar-refractivity contribution in [2.45, 2.75) is 51.7 Å². The second-order valence-corrected chi connectivity index (χ2v) is 7.22. The van der Waals surface area contributed by atoms with Crippen LogP contribution in [0.25, 0.3) is 11.3 Å². The molecule has 0 spiro atoms. The minimum atomic E-state index is -4.75. The third-order valence-electron chi connectivity index (χ3n) is 4.58. The molecule has 1 fully saturated rings. The lowest BCUT2D eigenvalue weighted by molar-refractivity contribution is -0.137. The molecule has 1 aliphatic carbocycles. The Balaban J connectivity index is 2.37. The maximum Gasteiger partial charge on any atom is 0.418 e. The summed E-state index contributed by atoms with van der Waals surface area (Å²) in [5.74, 6) is -1.31. The van der Waals surface area contributed by atoms with E-state index in [9.17, 15) is 13.2 Å². The zero-order valence-corrected chi connectivity index (χ0v) is 15.7. The highest BCUT2D eigenvalue weighted by atomic mass is 19.4. The first-order valence-electron chi connectivity index (χ1n) is 8.89. The van der Waals surface area contributed by atoms with Crippen molar-refractivity contribution in [1.29, 1.82) is 5.41 Å². The third-order valence-corrected chi connectivity index (χ3v) is 4.58. The van der Waals surface area contributed by atoms with Crippen LogP contribution in [0, 0.1) is 18.2 Å². The number of halogens is 4. The molecule has 0 atom stereocenters. The van der Waals surface area contributed by atoms with E-state index in [-0.39, 0.29) is 34.7 Å². The Morgan fingerprint density at radius 2 is 1.93 bits per heavy atom. The summed E-state index contributed by atoms with van der Waals surface area (Å²) < 4.78 is 56.5. The quantitative estimate of drug-likeness (QED) is 0.497. The van der Waals surface area contributed by atoms with Gasteiger partial charge in [0, 0.05) is 23.4 Å². The smallest absolute Gasteiger partial charge is 0.384 e. The molecule has 1 saturated carbocycles. The van der Waals surface area contributed by atoms with E-state index < -0.39 is 28.8 Å². The van der Waals surface area contributed by atoms with Gasteiger partial charge in [-0.15, -0.1) is 0 Å². The van der Waals surface area contributed by atoms with E-state index in [1.165, 1.54) is 6.92 Å². The predicted octanol–water partition coefficient (Wildman–Crippen LogP) is 4.89. The van der Waals surface area contributed by atoms with Crippen LogP contribution in [0.15, 0.2) is 6.07 Å². The van der Waals surface area contributed by atoms with Crippen molar-refractivity contribution in [3.05, 3.63) is 34.4 Å². The summed E-state index contributed by atoms with van der Waals surface area (Å²) in [4.78, 5) is 7.89. The Labute approximate surface area is 159 Å². The minimum Gasteiger partial charge on any atom is -0.384 e. The molecule has 4 N–H and O–H groups in total. The summed E-state index contributed by atoms with van der Waals surface area (Å²) in [5.41, 5.74) is 3.95. The number of nitrogens with two attached hydrogens (primary N) is 1. The molecule has 0 aromatic carbocycles. The number of pyridine rings is 2. The molecule has 2 heterocycles. The van der Waals surface area contributed by atoms with Crippen molar-refractivity contribution in [2.24, 2.45) is 0 Å². The first-order valence-corrected chi connectivity index (χ1v) is 8.89. The highest BCUT2D eigenvalue weighted by Crippen LogP contribution is 2.42. The van der Waals surface area contributed by atoms with Crippen molar-refractivity contribution in [1.82, 2.24) is 9.97 Å². The minimum absolute atomic E-state index is 0.00682. The van der Waals surface area contributed by atoms with Crippen LogP contribution in [0.2, 0.25) is 0 Å². The van der Waals surface area contributed by atoms with E-state index in [1.807, 2.05) is 0 Å². The standard InChI is InChI=1S/C19H21F4N5/c1-8(2)16-12(7-24)18(27-10-4-5-10)15(20)17(28-16)11-6-13(25)26-9(3)14(11)19(21,22)23/h6-8,10,24H,4-5H2,1-3H3,(H2,25,26)(H,27,28). The van der Waals surface area contributed by atoms with Crippen molar-refractivity contribution in [2.75, 3.05) is 11.1 Å². The van der Waals surface area contributed by atoms with Crippen molar-refractivity contribution in [3.8, 4) is 11.3 Å². The summed E-state index contributed by atoms with van der Waals surface area (Å²) in [7, 11) is 0. The maximum atomic E-state index is 15.4. The Bertz CT molecular complexity index is 933. The lowest BCUT2D eigenvalue weighted by Crippen LogP contribution is -2.16. The number of nitrogen functional groups attached to an aromatic ring is 1. The van der Waals surface area contributed by atoms with Crippen molar-refractivity contribution >= 4 is 17.7 Å². The topological polar surface area (TPSA) is 87.7 Å². The molecule has 0 aliphatic heterocycles. The van der Waals surface area contributed by atoms with Crippen molar-refractivity contribution in [3.63, 3.8) is 0 Å². The summed E-state index contributed by atoms with van der Waals surface area (Å²) in [6.45, 7) is 4.75. The fourth-order valence-electron chi connectivity index (χ4n) is 3.17. The van der Waals surface area contributed by atoms with E-state index in [0.717, 1.165) is 25.1 Å². The molecule has 28 heavy (non-hydrogen) atoms. The molecule has 150 valence electrons. The van der Waals surface area contributed by atoms with Crippen LogP contribution >= 0.6 is 0 Å². The second-order valence-electron chi connectivity index (χ2n) is 7.22. The van der Waals surface area contributed by atoms with Crippen LogP contribution in [-0.4, -0.2) is 22.2 Å². The number of aromatic nitrogens is 2. The molecule has 0 unspecified atom stereocenters. The number of alkyl halides is 3. The zero-order valence-electron chi connectivity index (χ0n) is 15.7. The zero-order chi connectivity index (χ0) is 20.8. The lowest BCUT2D eigenvalue weighted by atomic mass is 9.96. The molecular weight excluding hydrogens is 374 g/mol. The van der Waals surface area contributed by atoms with E-state index in [2.05, 4.69) is 15.3 Å². The molecule has 2 aromatic heterocycles. The van der Waals surface area contributed by atoms with E-state index >= 15 is 4.39 Å². The summed E-state index contributed by atoms with van der Waals surface area (Å²) in [6, 6.07) is 1.03. The van der Waals surface area contributed by atoms with Gasteiger partial charge in [-0.25, -0.2) is 14.4 Å². The number of nitrogens with zero attached hydrogens (tertiary/aromatic N) is 2. The van der Waals surface area contributed by atoms with Gasteiger partial charge >= 0.3 is 6.18 Å². The highest BCUT2D eigenvalue weighted by Gasteiger charge is 2.38. The predicted molar refractivity (Wildman–Crippen MR) is 100 cm³/mol. The molecule has 0 radical (unpaired) electrons. The fraction of sp³-hybridized carbons (Fsp3) is 0.421. The molecule has 0 bridgehead atoms. The van der Waals surface area contributed by atoms with Gasteiger partial charge < -0.3 is 16.5 Å². The van der Waals surface area contributed by atoms with Gasteiger partial charge in [0.1, 0.15) is 11.5 Å². The number of anilines is 2. The Morgan fingerprint density at radius 1 is 1.29 bits per heavy atom. The third kappa shape index (κ3) is 3.65. The van der Waals surface area contributed by atoms with Crippen LogP contribution < -0.4 is 11.1 Å². The Morgan fingerprint density at radius 3 is 2.43 bits per heavy atom. The van der Waals surface area contributed by atoms with Crippen LogP contribution in [0.1, 0.15) is 55.1 Å². The molecule has 5 nitrogen and oxygen atoms in total. The van der Waals surface area contributed by atoms with Gasteiger partial charge in [0.05, 0.1) is 22.6 Å². The largest absolute Gasteiger partial charge is 0.418 e. The number of aryl methyl sites for hydroxylation is 1. The van der Waals surface area contributed by atoms with Crippen LogP contribution in [0.4, 0.5) is 29.1 Å². The Hall–Kier alpha value is -2.71. The van der Waals surface area contributed by atoms with Gasteiger partial charge in [-0.2, -0.15) is 13.2 Å². The van der Waals surface area contributed by atoms with E-state index in [0.29, 0.717) is 5.69 Å².